The van der Waals surface area contributed by atoms with Crippen LogP contribution in [0.1, 0.15) is 24.5 Å². The minimum atomic E-state index is -0.312. The molecule has 0 radical (unpaired) electrons. The SMILES string of the molecule is CCC1OC(=O)C(c2ccc(SC)cc2)=C1c1ccc(F)cc1. The van der Waals surface area contributed by atoms with Crippen molar-refractivity contribution in [3.8, 4) is 0 Å². The molecule has 2 nitrogen and oxygen atoms in total. The quantitative estimate of drug-likeness (QED) is 0.596. The normalized spacial score (nSPS) is 17.5. The summed E-state index contributed by atoms with van der Waals surface area (Å²) >= 11 is 1.65. The highest BCUT2D eigenvalue weighted by atomic mass is 32.2. The number of carbonyl (C=O) groups is 1. The van der Waals surface area contributed by atoms with Crippen LogP contribution in [0.4, 0.5) is 4.39 Å². The van der Waals surface area contributed by atoms with Crippen LogP contribution >= 0.6 is 11.8 Å². The average Bonchev–Trinajstić information content (AvgIpc) is 2.92. The monoisotopic (exact) mass is 328 g/mol. The molecule has 1 heterocycles. The molecule has 2 aromatic carbocycles. The molecule has 0 aliphatic carbocycles. The third-order valence-corrected chi connectivity index (χ3v) is 4.69. The van der Waals surface area contributed by atoms with Gasteiger partial charge in [0.1, 0.15) is 11.9 Å². The second-order valence-corrected chi connectivity index (χ2v) is 6.21. The van der Waals surface area contributed by atoms with E-state index in [9.17, 15) is 9.18 Å². The molecule has 0 saturated heterocycles. The average molecular weight is 328 g/mol. The summed E-state index contributed by atoms with van der Waals surface area (Å²) in [5.74, 6) is -0.605. The summed E-state index contributed by atoms with van der Waals surface area (Å²) in [6.07, 6.45) is 2.41. The molecule has 0 bridgehead atoms. The molecule has 2 aromatic rings. The molecule has 1 atom stereocenters. The summed E-state index contributed by atoms with van der Waals surface area (Å²) in [7, 11) is 0. The Morgan fingerprint density at radius 2 is 1.65 bits per heavy atom. The Kier molecular flexibility index (Phi) is 4.53. The maximum atomic E-state index is 13.2. The zero-order valence-electron chi connectivity index (χ0n) is 13.0. The highest BCUT2D eigenvalue weighted by Crippen LogP contribution is 2.38. The molecule has 0 N–H and O–H groups in total. The number of ether oxygens (including phenoxy) is 1. The number of benzene rings is 2. The molecule has 1 aliphatic heterocycles. The lowest BCUT2D eigenvalue weighted by Crippen LogP contribution is -2.09. The van der Waals surface area contributed by atoms with E-state index >= 15 is 0 Å². The Morgan fingerprint density at radius 1 is 1.04 bits per heavy atom. The molecule has 0 fully saturated rings. The first-order chi connectivity index (χ1) is 11.1. The first-order valence-corrected chi connectivity index (χ1v) is 8.72. The van der Waals surface area contributed by atoms with Gasteiger partial charge < -0.3 is 4.74 Å². The van der Waals surface area contributed by atoms with Gasteiger partial charge in [-0.2, -0.15) is 0 Å². The van der Waals surface area contributed by atoms with E-state index in [1.54, 1.807) is 23.9 Å². The van der Waals surface area contributed by atoms with Crippen LogP contribution in [-0.2, 0) is 9.53 Å². The minimum Gasteiger partial charge on any atom is -0.454 e. The van der Waals surface area contributed by atoms with Crippen molar-refractivity contribution in [2.45, 2.75) is 24.3 Å². The Morgan fingerprint density at radius 3 is 2.22 bits per heavy atom. The number of rotatable bonds is 4. The molecule has 0 aromatic heterocycles. The van der Waals surface area contributed by atoms with Crippen molar-refractivity contribution in [3.63, 3.8) is 0 Å². The second kappa shape index (κ2) is 6.59. The van der Waals surface area contributed by atoms with Gasteiger partial charge in [-0.25, -0.2) is 9.18 Å². The number of hydrogen-bond donors (Lipinski definition) is 0. The topological polar surface area (TPSA) is 26.3 Å². The lowest BCUT2D eigenvalue weighted by Gasteiger charge is -2.12. The van der Waals surface area contributed by atoms with Crippen molar-refractivity contribution in [1.82, 2.24) is 0 Å². The molecule has 0 saturated carbocycles. The van der Waals surface area contributed by atoms with E-state index in [4.69, 9.17) is 4.74 Å². The summed E-state index contributed by atoms with van der Waals surface area (Å²) in [5, 5.41) is 0. The van der Waals surface area contributed by atoms with Crippen molar-refractivity contribution in [2.75, 3.05) is 6.26 Å². The Labute approximate surface area is 139 Å². The van der Waals surface area contributed by atoms with Crippen LogP contribution in [0.25, 0.3) is 11.1 Å². The van der Waals surface area contributed by atoms with E-state index in [-0.39, 0.29) is 17.9 Å². The predicted octanol–water partition coefficient (Wildman–Crippen LogP) is 4.79. The lowest BCUT2D eigenvalue weighted by molar-refractivity contribution is -0.137. The summed E-state index contributed by atoms with van der Waals surface area (Å²) in [5.41, 5.74) is 3.08. The third kappa shape index (κ3) is 3.04. The highest BCUT2D eigenvalue weighted by Gasteiger charge is 2.34. The fourth-order valence-electron chi connectivity index (χ4n) is 2.80. The van der Waals surface area contributed by atoms with Crippen molar-refractivity contribution in [2.24, 2.45) is 0 Å². The fourth-order valence-corrected chi connectivity index (χ4v) is 3.20. The molecule has 1 aliphatic rings. The number of halogens is 1. The summed E-state index contributed by atoms with van der Waals surface area (Å²) in [6, 6.07) is 14.1. The van der Waals surface area contributed by atoms with Gasteiger partial charge in [-0.3, -0.25) is 0 Å². The van der Waals surface area contributed by atoms with E-state index in [1.165, 1.54) is 12.1 Å². The van der Waals surface area contributed by atoms with Gasteiger partial charge in [0.05, 0.1) is 5.57 Å². The van der Waals surface area contributed by atoms with Gasteiger partial charge in [0.15, 0.2) is 0 Å². The Bertz CT molecular complexity index is 748. The van der Waals surface area contributed by atoms with E-state index in [0.29, 0.717) is 12.0 Å². The van der Waals surface area contributed by atoms with Gasteiger partial charge in [0.25, 0.3) is 0 Å². The predicted molar refractivity (Wildman–Crippen MR) is 91.6 cm³/mol. The molecular weight excluding hydrogens is 311 g/mol. The summed E-state index contributed by atoms with van der Waals surface area (Å²) < 4.78 is 18.7. The lowest BCUT2D eigenvalue weighted by atomic mass is 9.92. The summed E-state index contributed by atoms with van der Waals surface area (Å²) in [4.78, 5) is 13.5. The molecule has 118 valence electrons. The number of thioether (sulfide) groups is 1. The number of cyclic esters (lactones) is 1. The standard InChI is InChI=1S/C19H17FO2S/c1-3-16-17(12-4-8-14(20)9-5-12)18(19(21)22-16)13-6-10-15(23-2)11-7-13/h4-11,16H,3H2,1-2H3. The molecule has 4 heteroatoms. The van der Waals surface area contributed by atoms with Crippen LogP contribution in [0.2, 0.25) is 0 Å². The first kappa shape index (κ1) is 15.8. The van der Waals surface area contributed by atoms with E-state index < -0.39 is 0 Å². The molecular formula is C19H17FO2S. The van der Waals surface area contributed by atoms with Gasteiger partial charge in [-0.1, -0.05) is 31.2 Å². The van der Waals surface area contributed by atoms with Gasteiger partial charge in [-0.15, -0.1) is 11.8 Å². The first-order valence-electron chi connectivity index (χ1n) is 7.49. The van der Waals surface area contributed by atoms with Crippen LogP contribution in [-0.4, -0.2) is 18.3 Å². The Hall–Kier alpha value is -2.07. The van der Waals surface area contributed by atoms with Gasteiger partial charge in [-0.05, 0) is 48.1 Å². The molecule has 0 amide bonds. The van der Waals surface area contributed by atoms with Crippen LogP contribution < -0.4 is 0 Å². The highest BCUT2D eigenvalue weighted by molar-refractivity contribution is 7.98. The number of carbonyl (C=O) groups excluding carboxylic acids is 1. The van der Waals surface area contributed by atoms with Crippen LogP contribution in [0.5, 0.6) is 0 Å². The number of esters is 1. The van der Waals surface area contributed by atoms with E-state index in [1.807, 2.05) is 37.4 Å². The van der Waals surface area contributed by atoms with Gasteiger partial charge in [0.2, 0.25) is 0 Å². The molecule has 23 heavy (non-hydrogen) atoms. The van der Waals surface area contributed by atoms with Crippen molar-refractivity contribution in [1.29, 1.82) is 0 Å². The molecule has 3 rings (SSSR count). The zero-order valence-corrected chi connectivity index (χ0v) is 13.8. The van der Waals surface area contributed by atoms with E-state index in [0.717, 1.165) is 21.6 Å². The van der Waals surface area contributed by atoms with Crippen LogP contribution in [0.3, 0.4) is 0 Å². The van der Waals surface area contributed by atoms with Gasteiger partial charge in [0, 0.05) is 10.5 Å². The maximum absolute atomic E-state index is 13.2. The molecule has 0 spiro atoms. The van der Waals surface area contributed by atoms with Crippen molar-refractivity contribution >= 4 is 28.9 Å². The van der Waals surface area contributed by atoms with Crippen LogP contribution in [0, 0.1) is 5.82 Å². The van der Waals surface area contributed by atoms with Crippen molar-refractivity contribution in [3.05, 3.63) is 65.5 Å². The third-order valence-electron chi connectivity index (χ3n) is 3.95. The number of hydrogen-bond acceptors (Lipinski definition) is 3. The van der Waals surface area contributed by atoms with Gasteiger partial charge >= 0.3 is 5.97 Å². The molecule has 1 unspecified atom stereocenters. The summed E-state index contributed by atoms with van der Waals surface area (Å²) in [6.45, 7) is 1.97. The largest absolute Gasteiger partial charge is 0.454 e. The van der Waals surface area contributed by atoms with Crippen molar-refractivity contribution < 1.29 is 13.9 Å². The fraction of sp³-hybridized carbons (Fsp3) is 0.211. The second-order valence-electron chi connectivity index (χ2n) is 5.33. The minimum absolute atomic E-state index is 0.289. The maximum Gasteiger partial charge on any atom is 0.339 e. The zero-order chi connectivity index (χ0) is 16.4. The van der Waals surface area contributed by atoms with Crippen LogP contribution in [0.15, 0.2) is 53.4 Å². The Balaban J connectivity index is 2.14. The smallest absolute Gasteiger partial charge is 0.339 e. The van der Waals surface area contributed by atoms with E-state index in [2.05, 4.69) is 0 Å².